The Morgan fingerprint density at radius 2 is 2.19 bits per heavy atom. The zero-order chi connectivity index (χ0) is 11.4. The van der Waals surface area contributed by atoms with Gasteiger partial charge in [-0.25, -0.2) is 5.84 Å². The lowest BCUT2D eigenvalue weighted by Crippen LogP contribution is -2.41. The number of halogens is 2. The fourth-order valence-corrected chi connectivity index (χ4v) is 1.05. The molecule has 0 aliphatic rings. The maximum Gasteiger partial charge on any atom is 0.324 e. The first-order chi connectivity index (χ1) is 7.00. The van der Waals surface area contributed by atoms with E-state index in [0.29, 0.717) is 10.0 Å². The minimum Gasteiger partial charge on any atom is -0.480 e. The first-order valence-corrected chi connectivity index (χ1v) is 4.28. The molecule has 1 amide bonds. The van der Waals surface area contributed by atoms with Gasteiger partial charge in [0.25, 0.3) is 5.91 Å². The second-order valence-corrected chi connectivity index (χ2v) is 3.12. The number of nitrogens with two attached hydrogens (primary N) is 1. The van der Waals surface area contributed by atoms with Crippen molar-refractivity contribution in [3.63, 3.8) is 0 Å². The summed E-state index contributed by atoms with van der Waals surface area (Å²) in [5.74, 6) is 3.32. The third-order valence-corrected chi connectivity index (χ3v) is 1.74. The molecule has 1 heterocycles. The quantitative estimate of drug-likeness (QED) is 0.473. The van der Waals surface area contributed by atoms with E-state index in [9.17, 15) is 9.59 Å². The van der Waals surface area contributed by atoms with E-state index in [0.717, 1.165) is 0 Å². The molecule has 0 aromatic carbocycles. The summed E-state index contributed by atoms with van der Waals surface area (Å²) in [5, 5.41) is 9.30. The molecule has 1 rings (SSSR count). The summed E-state index contributed by atoms with van der Waals surface area (Å²) < 4.78 is 0. The van der Waals surface area contributed by atoms with Crippen LogP contribution in [0.3, 0.4) is 0 Å². The summed E-state index contributed by atoms with van der Waals surface area (Å²) in [6, 6.07) is 2.81. The normalized spacial score (nSPS) is 9.12. The van der Waals surface area contributed by atoms with Crippen molar-refractivity contribution in [1.82, 2.24) is 9.99 Å². The molecule has 3 N–H and O–H groups in total. The number of hydrogen-bond donors (Lipinski definition) is 2. The minimum atomic E-state index is -1.20. The van der Waals surface area contributed by atoms with E-state index in [1.165, 1.54) is 18.3 Å². The molecule has 0 spiro atoms. The minimum absolute atomic E-state index is 0. The van der Waals surface area contributed by atoms with Crippen LogP contribution in [-0.2, 0) is 4.79 Å². The average molecular weight is 266 g/mol. The van der Waals surface area contributed by atoms with Gasteiger partial charge in [-0.1, -0.05) is 11.6 Å². The van der Waals surface area contributed by atoms with Crippen molar-refractivity contribution in [3.05, 3.63) is 29.0 Å². The van der Waals surface area contributed by atoms with Crippen LogP contribution in [0.1, 0.15) is 10.5 Å². The fourth-order valence-electron chi connectivity index (χ4n) is 0.886. The van der Waals surface area contributed by atoms with E-state index in [1.54, 1.807) is 0 Å². The Bertz CT molecular complexity index is 400. The van der Waals surface area contributed by atoms with Crippen molar-refractivity contribution in [2.24, 2.45) is 5.84 Å². The summed E-state index contributed by atoms with van der Waals surface area (Å²) in [6.45, 7) is -0.590. The highest BCUT2D eigenvalue weighted by Crippen LogP contribution is 2.08. The number of aliphatic carboxylic acids is 1. The summed E-state index contributed by atoms with van der Waals surface area (Å²) in [4.78, 5) is 25.5. The van der Waals surface area contributed by atoms with Crippen LogP contribution in [0.15, 0.2) is 18.3 Å². The second-order valence-electron chi connectivity index (χ2n) is 2.69. The highest BCUT2D eigenvalue weighted by Gasteiger charge is 2.16. The van der Waals surface area contributed by atoms with Gasteiger partial charge in [-0.15, -0.1) is 12.4 Å². The van der Waals surface area contributed by atoms with Crippen LogP contribution in [0, 0.1) is 0 Å². The summed E-state index contributed by atoms with van der Waals surface area (Å²) in [7, 11) is 0. The number of aromatic nitrogens is 1. The van der Waals surface area contributed by atoms with Gasteiger partial charge in [0, 0.05) is 11.2 Å². The first-order valence-electron chi connectivity index (χ1n) is 3.90. The number of carboxylic acids is 1. The van der Waals surface area contributed by atoms with Crippen molar-refractivity contribution >= 4 is 35.9 Å². The molecule has 0 aliphatic carbocycles. The Kier molecular flexibility index (Phi) is 5.73. The van der Waals surface area contributed by atoms with Crippen LogP contribution in [0.2, 0.25) is 5.02 Å². The molecule has 8 heteroatoms. The monoisotopic (exact) mass is 265 g/mol. The van der Waals surface area contributed by atoms with Gasteiger partial charge in [-0.2, -0.15) is 0 Å². The van der Waals surface area contributed by atoms with Crippen molar-refractivity contribution in [2.45, 2.75) is 0 Å². The third kappa shape index (κ3) is 4.01. The van der Waals surface area contributed by atoms with E-state index in [4.69, 9.17) is 22.6 Å². The Balaban J connectivity index is 0.00000225. The standard InChI is InChI=1S/C8H8ClN3O3.ClH/c9-5-1-2-11-6(3-5)8(15)12(10)4-7(13)14;/h1-3H,4,10H2,(H,13,14);1H. The summed E-state index contributed by atoms with van der Waals surface area (Å²) in [5.41, 5.74) is 0.00579. The molecule has 16 heavy (non-hydrogen) atoms. The number of carboxylic acid groups (broad SMARTS) is 1. The number of carbonyl (C=O) groups excluding carboxylic acids is 1. The number of hydrogen-bond acceptors (Lipinski definition) is 4. The van der Waals surface area contributed by atoms with Gasteiger partial charge < -0.3 is 5.11 Å². The summed E-state index contributed by atoms with van der Waals surface area (Å²) in [6.07, 6.45) is 1.34. The van der Waals surface area contributed by atoms with Crippen molar-refractivity contribution < 1.29 is 14.7 Å². The van der Waals surface area contributed by atoms with Crippen LogP contribution in [0.25, 0.3) is 0 Å². The molecular formula is C8H9Cl2N3O3. The van der Waals surface area contributed by atoms with Crippen LogP contribution in [-0.4, -0.2) is 33.5 Å². The van der Waals surface area contributed by atoms with Gasteiger partial charge in [-0.05, 0) is 12.1 Å². The van der Waals surface area contributed by atoms with Crippen molar-refractivity contribution in [3.8, 4) is 0 Å². The Morgan fingerprint density at radius 3 is 2.69 bits per heavy atom. The molecule has 0 saturated carbocycles. The Morgan fingerprint density at radius 1 is 1.56 bits per heavy atom. The molecule has 0 radical (unpaired) electrons. The number of nitrogens with zero attached hydrogens (tertiary/aromatic N) is 2. The topological polar surface area (TPSA) is 96.5 Å². The van der Waals surface area contributed by atoms with Crippen LogP contribution in [0.4, 0.5) is 0 Å². The second kappa shape index (κ2) is 6.26. The van der Waals surface area contributed by atoms with E-state index < -0.39 is 18.4 Å². The SMILES string of the molecule is Cl.NN(CC(=O)O)C(=O)c1cc(Cl)ccn1. The lowest BCUT2D eigenvalue weighted by Gasteiger charge is -2.12. The van der Waals surface area contributed by atoms with Gasteiger partial charge in [0.1, 0.15) is 12.2 Å². The van der Waals surface area contributed by atoms with E-state index >= 15 is 0 Å². The zero-order valence-corrected chi connectivity index (χ0v) is 9.53. The molecule has 0 unspecified atom stereocenters. The zero-order valence-electron chi connectivity index (χ0n) is 7.96. The van der Waals surface area contributed by atoms with Crippen molar-refractivity contribution in [2.75, 3.05) is 6.54 Å². The van der Waals surface area contributed by atoms with Gasteiger partial charge >= 0.3 is 5.97 Å². The summed E-state index contributed by atoms with van der Waals surface area (Å²) >= 11 is 5.63. The molecule has 1 aromatic heterocycles. The molecule has 0 aliphatic heterocycles. The lowest BCUT2D eigenvalue weighted by molar-refractivity contribution is -0.137. The highest BCUT2D eigenvalue weighted by atomic mass is 35.5. The Hall–Kier alpha value is -1.37. The first kappa shape index (κ1) is 14.6. The van der Waals surface area contributed by atoms with Gasteiger partial charge in [-0.3, -0.25) is 19.6 Å². The van der Waals surface area contributed by atoms with Crippen LogP contribution in [0.5, 0.6) is 0 Å². The number of amides is 1. The lowest BCUT2D eigenvalue weighted by atomic mass is 10.3. The molecule has 1 aromatic rings. The van der Waals surface area contributed by atoms with E-state index in [-0.39, 0.29) is 18.1 Å². The molecule has 6 nitrogen and oxygen atoms in total. The molecule has 0 fully saturated rings. The molecule has 0 saturated heterocycles. The third-order valence-electron chi connectivity index (χ3n) is 1.51. The molecule has 0 atom stereocenters. The number of pyridine rings is 1. The van der Waals surface area contributed by atoms with E-state index in [2.05, 4.69) is 4.98 Å². The smallest absolute Gasteiger partial charge is 0.324 e. The number of carbonyl (C=O) groups is 2. The van der Waals surface area contributed by atoms with Crippen LogP contribution >= 0.6 is 24.0 Å². The van der Waals surface area contributed by atoms with Gasteiger partial charge in [0.15, 0.2) is 0 Å². The average Bonchev–Trinajstić information content (AvgIpc) is 2.15. The maximum atomic E-state index is 11.4. The molecule has 0 bridgehead atoms. The molecule has 88 valence electrons. The van der Waals surface area contributed by atoms with Gasteiger partial charge in [0.05, 0.1) is 0 Å². The van der Waals surface area contributed by atoms with E-state index in [1.807, 2.05) is 0 Å². The Labute approximate surface area is 102 Å². The highest BCUT2D eigenvalue weighted by molar-refractivity contribution is 6.30. The maximum absolute atomic E-state index is 11.4. The van der Waals surface area contributed by atoms with Crippen molar-refractivity contribution in [1.29, 1.82) is 0 Å². The largest absolute Gasteiger partial charge is 0.480 e. The number of rotatable bonds is 3. The number of hydrazine groups is 1. The van der Waals surface area contributed by atoms with Gasteiger partial charge in [0.2, 0.25) is 0 Å². The fraction of sp³-hybridized carbons (Fsp3) is 0.125. The predicted molar refractivity (Wildman–Crippen MR) is 59.4 cm³/mol. The van der Waals surface area contributed by atoms with Crippen LogP contribution < -0.4 is 5.84 Å². The predicted octanol–water partition coefficient (Wildman–Crippen LogP) is 0.557. The molecular weight excluding hydrogens is 257 g/mol.